The molecule has 2 N–H and O–H groups in total. The fourth-order valence-electron chi connectivity index (χ4n) is 1.18. The van der Waals surface area contributed by atoms with E-state index in [-0.39, 0.29) is 0 Å². The number of nitrogens with one attached hydrogen (secondary N) is 2. The van der Waals surface area contributed by atoms with Crippen LogP contribution in [0.4, 0.5) is 15.3 Å². The highest BCUT2D eigenvalue weighted by Crippen LogP contribution is 2.05. The zero-order chi connectivity index (χ0) is 14.1. The molecule has 0 unspecified atom stereocenters. The minimum Gasteiger partial charge on any atom is -0.334 e. The van der Waals surface area contributed by atoms with Crippen molar-refractivity contribution >= 4 is 17.7 Å². The Hall–Kier alpha value is -2.28. The summed E-state index contributed by atoms with van der Waals surface area (Å²) in [5.41, 5.74) is 0.597. The van der Waals surface area contributed by atoms with Gasteiger partial charge in [0.2, 0.25) is 0 Å². The molecule has 0 heterocycles. The Morgan fingerprint density at radius 1 is 1.11 bits per heavy atom. The van der Waals surface area contributed by atoms with Crippen LogP contribution < -0.4 is 10.6 Å². The van der Waals surface area contributed by atoms with Gasteiger partial charge in [0.1, 0.15) is 0 Å². The van der Waals surface area contributed by atoms with Crippen LogP contribution in [0.5, 0.6) is 0 Å². The van der Waals surface area contributed by atoms with E-state index in [9.17, 15) is 9.59 Å². The van der Waals surface area contributed by atoms with Crippen molar-refractivity contribution in [1.29, 1.82) is 0 Å². The zero-order valence-corrected chi connectivity index (χ0v) is 11.0. The van der Waals surface area contributed by atoms with Gasteiger partial charge < -0.3 is 15.5 Å². The van der Waals surface area contributed by atoms with Gasteiger partial charge in [0.25, 0.3) is 0 Å². The maximum atomic E-state index is 11.3. The molecule has 0 aliphatic rings. The van der Waals surface area contributed by atoms with E-state index in [1.54, 1.807) is 24.3 Å². The van der Waals surface area contributed by atoms with Crippen molar-refractivity contribution < 1.29 is 9.59 Å². The van der Waals surface area contributed by atoms with Gasteiger partial charge in [-0.2, -0.15) is 0 Å². The number of benzene rings is 1. The number of azo groups is 1. The van der Waals surface area contributed by atoms with Crippen LogP contribution in [0.15, 0.2) is 40.6 Å². The molecular weight excluding hydrogens is 246 g/mol. The lowest BCUT2D eigenvalue weighted by Crippen LogP contribution is -2.29. The van der Waals surface area contributed by atoms with Crippen LogP contribution in [0.2, 0.25) is 0 Å². The molecule has 0 aromatic heterocycles. The Morgan fingerprint density at radius 3 is 2.37 bits per heavy atom. The molecule has 0 atom stereocenters. The number of urea groups is 2. The van der Waals surface area contributed by atoms with E-state index in [4.69, 9.17) is 0 Å². The molecule has 7 nitrogen and oxygen atoms in total. The lowest BCUT2D eigenvalue weighted by Gasteiger charge is -2.08. The van der Waals surface area contributed by atoms with E-state index in [0.29, 0.717) is 18.8 Å². The van der Waals surface area contributed by atoms with E-state index >= 15 is 0 Å². The Kier molecular flexibility index (Phi) is 6.17. The molecule has 4 amide bonds. The van der Waals surface area contributed by atoms with E-state index < -0.39 is 12.1 Å². The third-order valence-electron chi connectivity index (χ3n) is 2.09. The van der Waals surface area contributed by atoms with Crippen LogP contribution in [0.1, 0.15) is 0 Å². The average molecular weight is 263 g/mol. The smallest absolute Gasteiger partial charge is 0.334 e. The highest BCUT2D eigenvalue weighted by molar-refractivity contribution is 5.90. The van der Waals surface area contributed by atoms with Crippen LogP contribution in [-0.2, 0) is 0 Å². The Bertz CT molecular complexity index is 445. The highest BCUT2D eigenvalue weighted by atomic mass is 16.2. The lowest BCUT2D eigenvalue weighted by atomic mass is 10.3. The summed E-state index contributed by atoms with van der Waals surface area (Å²) < 4.78 is 0. The van der Waals surface area contributed by atoms with E-state index in [1.807, 2.05) is 25.1 Å². The van der Waals surface area contributed by atoms with Crippen molar-refractivity contribution in [3.63, 3.8) is 0 Å². The van der Waals surface area contributed by atoms with Crippen molar-refractivity contribution in [1.82, 2.24) is 10.2 Å². The number of anilines is 1. The van der Waals surface area contributed by atoms with Crippen molar-refractivity contribution in [2.45, 2.75) is 0 Å². The summed E-state index contributed by atoms with van der Waals surface area (Å²) in [6.07, 6.45) is 0. The first kappa shape index (κ1) is 14.8. The third-order valence-corrected chi connectivity index (χ3v) is 2.09. The molecular formula is C12H17N5O2. The number of likely N-dealkylation sites (N-methyl/N-ethyl adjacent to an activating group) is 1. The summed E-state index contributed by atoms with van der Waals surface area (Å²) in [6, 6.07) is 7.49. The van der Waals surface area contributed by atoms with Gasteiger partial charge >= 0.3 is 12.1 Å². The first-order valence-electron chi connectivity index (χ1n) is 5.78. The van der Waals surface area contributed by atoms with Crippen LogP contribution >= 0.6 is 0 Å². The Balaban J connectivity index is 2.31. The van der Waals surface area contributed by atoms with Crippen LogP contribution in [-0.4, -0.2) is 44.1 Å². The van der Waals surface area contributed by atoms with Gasteiger partial charge in [-0.25, -0.2) is 9.59 Å². The molecule has 0 bridgehead atoms. The maximum Gasteiger partial charge on any atom is 0.364 e. The van der Waals surface area contributed by atoms with Crippen LogP contribution in [0.25, 0.3) is 0 Å². The predicted octanol–water partition coefficient (Wildman–Crippen LogP) is 1.94. The molecule has 0 radical (unpaired) electrons. The number of rotatable bonds is 4. The molecule has 0 fully saturated rings. The van der Waals surface area contributed by atoms with Crippen molar-refractivity contribution in [2.24, 2.45) is 10.2 Å². The molecule has 1 aromatic rings. The third kappa shape index (κ3) is 6.89. The molecule has 1 aromatic carbocycles. The van der Waals surface area contributed by atoms with E-state index in [2.05, 4.69) is 20.9 Å². The van der Waals surface area contributed by atoms with Gasteiger partial charge in [0.15, 0.2) is 0 Å². The highest BCUT2D eigenvalue weighted by Gasteiger charge is 2.01. The van der Waals surface area contributed by atoms with Crippen molar-refractivity contribution in [2.75, 3.05) is 32.5 Å². The van der Waals surface area contributed by atoms with Crippen LogP contribution in [0, 0.1) is 0 Å². The minimum atomic E-state index is -0.686. The number of carbonyl (C=O) groups is 2. The Labute approximate surface area is 111 Å². The van der Waals surface area contributed by atoms with Gasteiger partial charge in [-0.3, -0.25) is 0 Å². The Morgan fingerprint density at radius 2 is 1.74 bits per heavy atom. The molecule has 7 heteroatoms. The quantitative estimate of drug-likeness (QED) is 0.814. The normalized spacial score (nSPS) is 10.7. The standard InChI is InChI=1S/C12H17N5O2/c1-17(2)9-8-13-11(18)15-16-12(19)14-10-6-4-3-5-7-10/h3-7H,8-9H2,1-2H3,(H,13,18)(H,14,19)/b16-15+. The van der Waals surface area contributed by atoms with Crippen molar-refractivity contribution in [3.8, 4) is 0 Å². The summed E-state index contributed by atoms with van der Waals surface area (Å²) >= 11 is 0. The van der Waals surface area contributed by atoms with Crippen LogP contribution in [0.3, 0.4) is 0 Å². The first-order valence-corrected chi connectivity index (χ1v) is 5.78. The first-order chi connectivity index (χ1) is 9.08. The van der Waals surface area contributed by atoms with Crippen molar-refractivity contribution in [3.05, 3.63) is 30.3 Å². The topological polar surface area (TPSA) is 86.2 Å². The molecule has 0 spiro atoms. The number of nitrogens with zero attached hydrogens (tertiary/aromatic N) is 3. The molecule has 1 rings (SSSR count). The second-order valence-electron chi connectivity index (χ2n) is 4.03. The molecule has 0 aliphatic heterocycles. The van der Waals surface area contributed by atoms with Gasteiger partial charge in [-0.1, -0.05) is 28.4 Å². The number of amides is 4. The molecule has 0 saturated carbocycles. The van der Waals surface area contributed by atoms with E-state index in [0.717, 1.165) is 0 Å². The lowest BCUT2D eigenvalue weighted by molar-refractivity contribution is 0.243. The summed E-state index contributed by atoms with van der Waals surface area (Å²) in [5.74, 6) is 0. The maximum absolute atomic E-state index is 11.3. The zero-order valence-electron chi connectivity index (χ0n) is 11.0. The van der Waals surface area contributed by atoms with Gasteiger partial charge in [0.05, 0.1) is 0 Å². The molecule has 102 valence electrons. The SMILES string of the molecule is CN(C)CCNC(=O)/N=N/C(=O)Nc1ccccc1. The molecule has 19 heavy (non-hydrogen) atoms. The number of hydrogen-bond donors (Lipinski definition) is 2. The van der Waals surface area contributed by atoms with E-state index in [1.165, 1.54) is 0 Å². The monoisotopic (exact) mass is 263 g/mol. The summed E-state index contributed by atoms with van der Waals surface area (Å²) in [7, 11) is 3.78. The number of para-hydroxylation sites is 1. The second kappa shape index (κ2) is 7.93. The summed E-state index contributed by atoms with van der Waals surface area (Å²) in [4.78, 5) is 24.5. The van der Waals surface area contributed by atoms with Gasteiger partial charge in [0, 0.05) is 18.8 Å². The molecule has 0 saturated heterocycles. The number of carbonyl (C=O) groups excluding carboxylic acids is 2. The largest absolute Gasteiger partial charge is 0.364 e. The summed E-state index contributed by atoms with van der Waals surface area (Å²) in [5, 5.41) is 11.5. The molecule has 0 aliphatic carbocycles. The fourth-order valence-corrected chi connectivity index (χ4v) is 1.18. The average Bonchev–Trinajstić information content (AvgIpc) is 2.37. The van der Waals surface area contributed by atoms with Gasteiger partial charge in [-0.15, -0.1) is 0 Å². The number of hydrogen-bond acceptors (Lipinski definition) is 3. The van der Waals surface area contributed by atoms with Gasteiger partial charge in [-0.05, 0) is 26.2 Å². The second-order valence-corrected chi connectivity index (χ2v) is 4.03. The summed E-state index contributed by atoms with van der Waals surface area (Å²) in [6.45, 7) is 1.14. The predicted molar refractivity (Wildman–Crippen MR) is 72.3 cm³/mol. The fraction of sp³-hybridized carbons (Fsp3) is 0.333. The minimum absolute atomic E-state index is 0.450.